The van der Waals surface area contributed by atoms with Crippen LogP contribution in [-0.2, 0) is 32.3 Å². The first kappa shape index (κ1) is 33.4. The average molecular weight is 688 g/mol. The number of carboxylic acids is 2. The first-order chi connectivity index (χ1) is 20.5. The molecular weight excluding hydrogens is 659 g/mol. The van der Waals surface area contributed by atoms with Crippen LogP contribution in [0, 0.1) is 0 Å². The average Bonchev–Trinajstić information content (AvgIpc) is 2.98. The summed E-state index contributed by atoms with van der Waals surface area (Å²) in [5, 5.41) is 32.8. The number of nitrogens with zero attached hydrogens (tertiary/aromatic N) is 2. The van der Waals surface area contributed by atoms with Crippen LogP contribution in [0.1, 0.15) is 18.4 Å². The second-order valence-electron chi connectivity index (χ2n) is 9.66. The van der Waals surface area contributed by atoms with Gasteiger partial charge in [0.2, 0.25) is 5.91 Å². The summed E-state index contributed by atoms with van der Waals surface area (Å²) in [5.41, 5.74) is 6.50. The summed E-state index contributed by atoms with van der Waals surface area (Å²) in [6.07, 6.45) is 4.58. The number of amides is 2. The van der Waals surface area contributed by atoms with Crippen LogP contribution in [0.2, 0.25) is 10.0 Å². The fourth-order valence-corrected chi connectivity index (χ4v) is 8.20. The van der Waals surface area contributed by atoms with E-state index in [2.05, 4.69) is 5.32 Å². The van der Waals surface area contributed by atoms with Gasteiger partial charge in [-0.25, -0.2) is 9.36 Å². The molecule has 3 atom stereocenters. The van der Waals surface area contributed by atoms with E-state index < -0.39 is 41.2 Å². The SMILES string of the molecule is N[C@H](CCC[n+]1ccc(SCC2=C(C(=O)O)N3C(=O)[C@@H](NC(=O)CSc4cc(Cl)c(CO)cc4Cl)[C@H]3SC2)cc1)C(=O)[O-]. The van der Waals surface area contributed by atoms with Crippen molar-refractivity contribution in [3.63, 3.8) is 0 Å². The minimum Gasteiger partial charge on any atom is -0.548 e. The molecule has 2 amide bonds. The van der Waals surface area contributed by atoms with E-state index in [0.717, 1.165) is 16.7 Å². The number of thioether (sulfide) groups is 3. The number of fused-ring (bicyclic) bond motifs is 1. The van der Waals surface area contributed by atoms with Crippen LogP contribution in [0.4, 0.5) is 0 Å². The van der Waals surface area contributed by atoms with E-state index in [9.17, 15) is 34.5 Å². The number of rotatable bonds is 14. The Labute approximate surface area is 270 Å². The van der Waals surface area contributed by atoms with Gasteiger partial charge in [-0.2, -0.15) is 0 Å². The fraction of sp³-hybridized carbons (Fsp3) is 0.370. The molecule has 1 aromatic carbocycles. The number of hydrogen-bond donors (Lipinski definition) is 4. The number of aryl methyl sites for hydroxylation is 1. The first-order valence-corrected chi connectivity index (χ1v) is 16.8. The Kier molecular flexibility index (Phi) is 11.7. The fourth-order valence-electron chi connectivity index (χ4n) is 4.43. The highest BCUT2D eigenvalue weighted by atomic mass is 35.5. The van der Waals surface area contributed by atoms with Crippen LogP contribution < -0.4 is 20.7 Å². The number of nitrogens with two attached hydrogens (primary N) is 1. The minimum absolute atomic E-state index is 0.0381. The van der Waals surface area contributed by atoms with Crippen molar-refractivity contribution in [2.75, 3.05) is 17.3 Å². The molecule has 2 aromatic rings. The lowest BCUT2D eigenvalue weighted by Gasteiger charge is -2.49. The Hall–Kier alpha value is -2.46. The predicted molar refractivity (Wildman–Crippen MR) is 162 cm³/mol. The van der Waals surface area contributed by atoms with Gasteiger partial charge in [0.1, 0.15) is 23.7 Å². The minimum atomic E-state index is -1.27. The number of aliphatic hydroxyl groups is 1. The Morgan fingerprint density at radius 3 is 2.58 bits per heavy atom. The second kappa shape index (κ2) is 15.0. The van der Waals surface area contributed by atoms with Crippen molar-refractivity contribution in [1.29, 1.82) is 0 Å². The molecule has 2 aliphatic rings. The number of benzene rings is 1. The molecule has 11 nitrogen and oxygen atoms in total. The van der Waals surface area contributed by atoms with Gasteiger partial charge >= 0.3 is 5.97 Å². The number of aliphatic carboxylic acids is 2. The van der Waals surface area contributed by atoms with Crippen molar-refractivity contribution >= 4 is 82.2 Å². The Balaban J connectivity index is 1.31. The lowest BCUT2D eigenvalue weighted by molar-refractivity contribution is -0.697. The van der Waals surface area contributed by atoms with Crippen LogP contribution in [-0.4, -0.2) is 73.6 Å². The van der Waals surface area contributed by atoms with Gasteiger partial charge in [-0.05, 0) is 29.7 Å². The molecule has 3 heterocycles. The molecule has 4 rings (SSSR count). The van der Waals surface area contributed by atoms with E-state index >= 15 is 0 Å². The highest BCUT2D eigenvalue weighted by Crippen LogP contribution is 2.41. The third-order valence-electron chi connectivity index (χ3n) is 6.70. The summed E-state index contributed by atoms with van der Waals surface area (Å²) in [6.45, 7) is 0.321. The summed E-state index contributed by atoms with van der Waals surface area (Å²) >= 11 is 16.3. The number of carbonyl (C=O) groups excluding carboxylic acids is 3. The molecule has 0 unspecified atom stereocenters. The molecule has 1 aromatic heterocycles. The standard InChI is InChI=1S/C27H28Cl2N4O7S3/c28-17-9-20(18(29)8-14(17)10-34)42-13-21(35)31-22-24(36)33-23(27(39)40)15(12-43-25(22)33)11-41-16-3-6-32(7-4-16)5-1-2-19(30)26(37)38/h3-4,6-9,19,22,25,34H,1-2,5,10-13,30H2,(H2-,31,35,37,38,39,40)/t19-,22-,25-/m1/s1. The smallest absolute Gasteiger partial charge is 0.352 e. The maximum absolute atomic E-state index is 13.0. The van der Waals surface area contributed by atoms with Gasteiger partial charge in [-0.1, -0.05) is 23.2 Å². The third kappa shape index (κ3) is 8.18. The topological polar surface area (TPSA) is 177 Å². The molecule has 1 fully saturated rings. The first-order valence-electron chi connectivity index (χ1n) is 13.0. The zero-order valence-electron chi connectivity index (χ0n) is 22.5. The number of halogens is 2. The lowest BCUT2D eigenvalue weighted by atomic mass is 10.0. The molecule has 0 bridgehead atoms. The third-order valence-corrected chi connectivity index (χ3v) is 11.0. The van der Waals surface area contributed by atoms with Gasteiger partial charge in [0, 0.05) is 50.9 Å². The van der Waals surface area contributed by atoms with Gasteiger partial charge in [0.05, 0.1) is 23.4 Å². The number of nitrogens with one attached hydrogen (secondary N) is 1. The number of pyridine rings is 1. The van der Waals surface area contributed by atoms with Gasteiger partial charge in [-0.3, -0.25) is 14.5 Å². The molecule has 0 aliphatic carbocycles. The van der Waals surface area contributed by atoms with Crippen molar-refractivity contribution in [3.8, 4) is 0 Å². The summed E-state index contributed by atoms with van der Waals surface area (Å²) < 4.78 is 1.90. The zero-order chi connectivity index (χ0) is 31.3. The van der Waals surface area contributed by atoms with Crippen molar-refractivity contribution in [1.82, 2.24) is 10.2 Å². The summed E-state index contributed by atoms with van der Waals surface area (Å²) in [7, 11) is 0. The normalized spacial score (nSPS) is 18.6. The summed E-state index contributed by atoms with van der Waals surface area (Å²) in [4.78, 5) is 51.3. The number of carboxylic acid groups (broad SMARTS) is 2. The quantitative estimate of drug-likeness (QED) is 0.128. The van der Waals surface area contributed by atoms with Crippen LogP contribution >= 0.6 is 58.5 Å². The maximum Gasteiger partial charge on any atom is 0.352 e. The molecule has 230 valence electrons. The number of aromatic nitrogens is 1. The van der Waals surface area contributed by atoms with Crippen molar-refractivity contribution in [2.45, 2.75) is 53.2 Å². The Bertz CT molecular complexity index is 1440. The number of β-lactam (4-membered cyclic amide) rings is 1. The van der Waals surface area contributed by atoms with E-state index in [1.54, 1.807) is 6.07 Å². The second-order valence-corrected chi connectivity index (χ2v) is 13.6. The highest BCUT2D eigenvalue weighted by Gasteiger charge is 2.54. The van der Waals surface area contributed by atoms with E-state index in [-0.39, 0.29) is 18.1 Å². The molecule has 0 saturated carbocycles. The van der Waals surface area contributed by atoms with Crippen LogP contribution in [0.3, 0.4) is 0 Å². The van der Waals surface area contributed by atoms with Crippen LogP contribution in [0.25, 0.3) is 0 Å². The van der Waals surface area contributed by atoms with Crippen molar-refractivity contribution < 1.29 is 39.1 Å². The van der Waals surface area contributed by atoms with E-state index in [0.29, 0.717) is 57.0 Å². The van der Waals surface area contributed by atoms with Gasteiger partial charge in [-0.15, -0.1) is 35.3 Å². The number of hydrogen-bond acceptors (Lipinski definition) is 10. The molecule has 5 N–H and O–H groups in total. The maximum atomic E-state index is 13.0. The number of aliphatic hydroxyl groups excluding tert-OH is 1. The van der Waals surface area contributed by atoms with Gasteiger partial charge in [0.15, 0.2) is 12.4 Å². The van der Waals surface area contributed by atoms with Crippen LogP contribution in [0.15, 0.2) is 57.7 Å². The molecule has 0 radical (unpaired) electrons. The zero-order valence-corrected chi connectivity index (χ0v) is 26.5. The monoisotopic (exact) mass is 686 g/mol. The molecule has 1 saturated heterocycles. The Morgan fingerprint density at radius 2 is 1.93 bits per heavy atom. The summed E-state index contributed by atoms with van der Waals surface area (Å²) in [6, 6.07) is 5.01. The van der Waals surface area contributed by atoms with Crippen molar-refractivity contribution in [3.05, 3.63) is 63.5 Å². The predicted octanol–water partition coefficient (Wildman–Crippen LogP) is 1.25. The lowest BCUT2D eigenvalue weighted by Crippen LogP contribution is -2.70. The highest BCUT2D eigenvalue weighted by molar-refractivity contribution is 8.01. The summed E-state index contributed by atoms with van der Waals surface area (Å²) in [5.74, 6) is -2.65. The molecule has 16 heteroatoms. The molecule has 0 spiro atoms. The number of carbonyl (C=O) groups is 4. The van der Waals surface area contributed by atoms with Crippen LogP contribution in [0.5, 0.6) is 0 Å². The molecule has 43 heavy (non-hydrogen) atoms. The van der Waals surface area contributed by atoms with E-state index in [1.807, 2.05) is 29.1 Å². The largest absolute Gasteiger partial charge is 0.548 e. The van der Waals surface area contributed by atoms with Gasteiger partial charge < -0.3 is 31.2 Å². The molecule has 2 aliphatic heterocycles. The Morgan fingerprint density at radius 1 is 1.21 bits per heavy atom. The van der Waals surface area contributed by atoms with Crippen molar-refractivity contribution in [2.24, 2.45) is 5.73 Å². The van der Waals surface area contributed by atoms with Gasteiger partial charge in [0.25, 0.3) is 5.91 Å². The van der Waals surface area contributed by atoms with E-state index in [4.69, 9.17) is 28.9 Å². The molecular formula is C27H28Cl2N4O7S3. The van der Waals surface area contributed by atoms with E-state index in [1.165, 1.54) is 34.5 Å².